The maximum Gasteiger partial charge on any atom is 0.271 e. The Balaban J connectivity index is 2.07. The molecule has 1 aliphatic carbocycles. The number of nitrogens with zero attached hydrogens (tertiary/aromatic N) is 1. The molecule has 108 valence electrons. The van der Waals surface area contributed by atoms with Crippen molar-refractivity contribution in [3.63, 3.8) is 0 Å². The quantitative estimate of drug-likeness (QED) is 0.472. The second kappa shape index (κ2) is 6.67. The van der Waals surface area contributed by atoms with Gasteiger partial charge in [0.2, 0.25) is 0 Å². The molecule has 2 rings (SSSR count). The molecule has 1 aliphatic rings. The third-order valence-corrected chi connectivity index (χ3v) is 4.72. The predicted octanol–water partition coefficient (Wildman–Crippen LogP) is 3.79. The van der Waals surface area contributed by atoms with Gasteiger partial charge in [-0.1, -0.05) is 31.9 Å². The summed E-state index contributed by atoms with van der Waals surface area (Å²) in [6.45, 7) is 0. The summed E-state index contributed by atoms with van der Waals surface area (Å²) in [6.07, 6.45) is 3.92. The van der Waals surface area contributed by atoms with Gasteiger partial charge in [0.1, 0.15) is 0 Å². The van der Waals surface area contributed by atoms with Crippen molar-refractivity contribution in [2.45, 2.75) is 36.6 Å². The standard InChI is InChI=1S/C13H14Br2N2O3/c14-9-1-3-11(4-2-9)16-13(18)8-5-10(15)7-12(6-8)17(19)20/h5-7,9,11H,1-4H2,(H,16,18). The Morgan fingerprint density at radius 3 is 2.50 bits per heavy atom. The van der Waals surface area contributed by atoms with Crippen molar-refractivity contribution in [1.82, 2.24) is 5.32 Å². The normalized spacial score (nSPS) is 22.3. The zero-order valence-corrected chi connectivity index (χ0v) is 13.8. The first-order chi connectivity index (χ1) is 9.45. The van der Waals surface area contributed by atoms with Crippen LogP contribution in [-0.2, 0) is 0 Å². The number of hydrogen-bond acceptors (Lipinski definition) is 3. The van der Waals surface area contributed by atoms with Crippen molar-refractivity contribution in [3.05, 3.63) is 38.3 Å². The van der Waals surface area contributed by atoms with E-state index in [0.29, 0.717) is 14.9 Å². The number of hydrogen-bond donors (Lipinski definition) is 1. The molecule has 20 heavy (non-hydrogen) atoms. The molecule has 1 fully saturated rings. The van der Waals surface area contributed by atoms with E-state index in [0.717, 1.165) is 25.7 Å². The summed E-state index contributed by atoms with van der Waals surface area (Å²) in [6, 6.07) is 4.43. The maximum absolute atomic E-state index is 12.2. The van der Waals surface area contributed by atoms with Gasteiger partial charge >= 0.3 is 0 Å². The van der Waals surface area contributed by atoms with Gasteiger partial charge in [0, 0.05) is 33.0 Å². The lowest BCUT2D eigenvalue weighted by Gasteiger charge is -2.26. The molecule has 0 radical (unpaired) electrons. The van der Waals surface area contributed by atoms with Crippen LogP contribution in [0.1, 0.15) is 36.0 Å². The van der Waals surface area contributed by atoms with Gasteiger partial charge in [0.25, 0.3) is 11.6 Å². The zero-order valence-electron chi connectivity index (χ0n) is 10.6. The summed E-state index contributed by atoms with van der Waals surface area (Å²) >= 11 is 6.76. The van der Waals surface area contributed by atoms with E-state index in [2.05, 4.69) is 37.2 Å². The molecule has 0 spiro atoms. The summed E-state index contributed by atoms with van der Waals surface area (Å²) in [7, 11) is 0. The SMILES string of the molecule is O=C(NC1CCC(Br)CC1)c1cc(Br)cc([N+](=O)[O-])c1. The highest BCUT2D eigenvalue weighted by Gasteiger charge is 2.22. The Labute approximate surface area is 133 Å². The number of non-ortho nitro benzene ring substituents is 1. The topological polar surface area (TPSA) is 72.2 Å². The minimum absolute atomic E-state index is 0.0892. The van der Waals surface area contributed by atoms with E-state index in [1.54, 1.807) is 6.07 Å². The Kier molecular flexibility index (Phi) is 5.15. The van der Waals surface area contributed by atoms with E-state index in [4.69, 9.17) is 0 Å². The fourth-order valence-corrected chi connectivity index (χ4v) is 3.29. The summed E-state index contributed by atoms with van der Waals surface area (Å²) in [5.74, 6) is -0.257. The van der Waals surface area contributed by atoms with E-state index in [9.17, 15) is 14.9 Å². The Morgan fingerprint density at radius 1 is 1.25 bits per heavy atom. The first kappa shape index (κ1) is 15.4. The third kappa shape index (κ3) is 4.02. The number of carbonyl (C=O) groups excluding carboxylic acids is 1. The molecule has 0 aliphatic heterocycles. The van der Waals surface area contributed by atoms with Gasteiger partial charge in [-0.2, -0.15) is 0 Å². The third-order valence-electron chi connectivity index (χ3n) is 3.35. The van der Waals surface area contributed by atoms with E-state index in [1.165, 1.54) is 12.1 Å². The Hall–Kier alpha value is -0.950. The van der Waals surface area contributed by atoms with Crippen molar-refractivity contribution < 1.29 is 9.72 Å². The largest absolute Gasteiger partial charge is 0.349 e. The molecular weight excluding hydrogens is 392 g/mol. The predicted molar refractivity (Wildman–Crippen MR) is 83.2 cm³/mol. The second-order valence-electron chi connectivity index (χ2n) is 4.88. The molecule has 0 saturated heterocycles. The average Bonchev–Trinajstić information content (AvgIpc) is 2.40. The molecule has 0 bridgehead atoms. The van der Waals surface area contributed by atoms with Crippen LogP contribution in [0.5, 0.6) is 0 Å². The molecule has 1 N–H and O–H groups in total. The molecule has 0 heterocycles. The second-order valence-corrected chi connectivity index (χ2v) is 7.09. The van der Waals surface area contributed by atoms with Crippen molar-refractivity contribution in [3.8, 4) is 0 Å². The molecule has 0 aromatic heterocycles. The van der Waals surface area contributed by atoms with Crippen molar-refractivity contribution >= 4 is 43.5 Å². The van der Waals surface area contributed by atoms with Crippen LogP contribution in [0.15, 0.2) is 22.7 Å². The van der Waals surface area contributed by atoms with Crippen LogP contribution in [-0.4, -0.2) is 21.7 Å². The Morgan fingerprint density at radius 2 is 1.90 bits per heavy atom. The number of carbonyl (C=O) groups is 1. The van der Waals surface area contributed by atoms with Crippen LogP contribution in [0.4, 0.5) is 5.69 Å². The lowest BCUT2D eigenvalue weighted by atomic mass is 9.95. The minimum Gasteiger partial charge on any atom is -0.349 e. The zero-order chi connectivity index (χ0) is 14.7. The summed E-state index contributed by atoms with van der Waals surface area (Å²) in [5, 5.41) is 13.7. The van der Waals surface area contributed by atoms with Crippen LogP contribution < -0.4 is 5.32 Å². The van der Waals surface area contributed by atoms with Gasteiger partial charge in [-0.3, -0.25) is 14.9 Å². The van der Waals surface area contributed by atoms with Crippen molar-refractivity contribution in [2.75, 3.05) is 0 Å². The van der Waals surface area contributed by atoms with Gasteiger partial charge in [0.05, 0.1) is 4.92 Å². The highest BCUT2D eigenvalue weighted by molar-refractivity contribution is 9.10. The molecule has 1 amide bonds. The smallest absolute Gasteiger partial charge is 0.271 e. The lowest BCUT2D eigenvalue weighted by Crippen LogP contribution is -2.37. The minimum atomic E-state index is -0.502. The number of benzene rings is 1. The molecule has 0 unspecified atom stereocenters. The first-order valence-electron chi connectivity index (χ1n) is 6.35. The van der Waals surface area contributed by atoms with E-state index in [-0.39, 0.29) is 17.6 Å². The number of amides is 1. The van der Waals surface area contributed by atoms with Gasteiger partial charge in [-0.25, -0.2) is 0 Å². The number of nitro benzene ring substituents is 1. The molecular formula is C13H14Br2N2O3. The number of halogens is 2. The van der Waals surface area contributed by atoms with E-state index < -0.39 is 4.92 Å². The number of nitrogens with one attached hydrogen (secondary N) is 1. The van der Waals surface area contributed by atoms with Crippen LogP contribution in [0.3, 0.4) is 0 Å². The highest BCUT2D eigenvalue weighted by atomic mass is 79.9. The van der Waals surface area contributed by atoms with Crippen molar-refractivity contribution in [1.29, 1.82) is 0 Å². The number of nitro groups is 1. The van der Waals surface area contributed by atoms with Gasteiger partial charge in [0.15, 0.2) is 0 Å². The van der Waals surface area contributed by atoms with E-state index >= 15 is 0 Å². The van der Waals surface area contributed by atoms with Crippen LogP contribution in [0, 0.1) is 10.1 Å². The van der Waals surface area contributed by atoms with Gasteiger partial charge in [-0.05, 0) is 31.7 Å². The molecule has 7 heteroatoms. The average molecular weight is 406 g/mol. The van der Waals surface area contributed by atoms with E-state index in [1.807, 2.05) is 0 Å². The summed E-state index contributed by atoms with van der Waals surface area (Å²) in [5.41, 5.74) is 0.223. The molecule has 5 nitrogen and oxygen atoms in total. The Bertz CT molecular complexity index is 528. The van der Waals surface area contributed by atoms with Crippen LogP contribution in [0.25, 0.3) is 0 Å². The van der Waals surface area contributed by atoms with Crippen LogP contribution in [0.2, 0.25) is 0 Å². The van der Waals surface area contributed by atoms with Crippen LogP contribution >= 0.6 is 31.9 Å². The lowest BCUT2D eigenvalue weighted by molar-refractivity contribution is -0.385. The first-order valence-corrected chi connectivity index (χ1v) is 8.06. The fraction of sp³-hybridized carbons (Fsp3) is 0.462. The molecule has 1 saturated carbocycles. The molecule has 0 atom stereocenters. The number of alkyl halides is 1. The molecule has 1 aromatic rings. The van der Waals surface area contributed by atoms with Crippen molar-refractivity contribution in [2.24, 2.45) is 0 Å². The summed E-state index contributed by atoms with van der Waals surface area (Å²) in [4.78, 5) is 23.0. The monoisotopic (exact) mass is 404 g/mol. The highest BCUT2D eigenvalue weighted by Crippen LogP contribution is 2.25. The maximum atomic E-state index is 12.2. The summed E-state index contributed by atoms with van der Waals surface area (Å²) < 4.78 is 0.529. The van der Waals surface area contributed by atoms with Gasteiger partial charge in [-0.15, -0.1) is 0 Å². The number of rotatable bonds is 3. The van der Waals surface area contributed by atoms with Gasteiger partial charge < -0.3 is 5.32 Å². The molecule has 1 aromatic carbocycles. The fourth-order valence-electron chi connectivity index (χ4n) is 2.28.